The Bertz CT molecular complexity index is 566. The molecule has 1 fully saturated rings. The quantitative estimate of drug-likeness (QED) is 0.663. The average molecular weight is 312 g/mol. The first kappa shape index (κ1) is 16.5. The van der Waals surface area contributed by atoms with Crippen LogP contribution in [0.1, 0.15) is 0 Å². The van der Waals surface area contributed by atoms with E-state index in [9.17, 15) is 4.79 Å². The summed E-state index contributed by atoms with van der Waals surface area (Å²) in [5.74, 6) is 0.149. The second-order valence-electron chi connectivity index (χ2n) is 6.48. The van der Waals surface area contributed by atoms with Crippen molar-refractivity contribution in [2.45, 2.75) is 25.2 Å². The van der Waals surface area contributed by atoms with Gasteiger partial charge in [-0.3, -0.25) is 4.79 Å². The summed E-state index contributed by atoms with van der Waals surface area (Å²) in [6.45, 7) is 6.64. The van der Waals surface area contributed by atoms with E-state index in [4.69, 9.17) is 0 Å². The normalized spacial score (nSPS) is 27.0. The molecule has 1 aliphatic carbocycles. The third kappa shape index (κ3) is 5.15. The largest absolute Gasteiger partial charge is 0.339 e. The van der Waals surface area contributed by atoms with Crippen molar-refractivity contribution in [2.24, 2.45) is 0 Å². The minimum Gasteiger partial charge on any atom is -0.339 e. The third-order valence-electron chi connectivity index (χ3n) is 4.09. The molecule has 2 aliphatic rings. The summed E-state index contributed by atoms with van der Waals surface area (Å²) in [6.07, 6.45) is 21.4. The smallest absolute Gasteiger partial charge is 0.253 e. The molecule has 1 saturated heterocycles. The molecule has 0 N–H and O–H groups in total. The zero-order valence-corrected chi connectivity index (χ0v) is 14.5. The second-order valence-corrected chi connectivity index (χ2v) is 11.8. The predicted octanol–water partition coefficient (Wildman–Crippen LogP) is 4.26. The first-order valence-electron chi connectivity index (χ1n) is 7.93. The number of allylic oxidation sites excluding steroid dienone is 10. The van der Waals surface area contributed by atoms with Gasteiger partial charge in [0.1, 0.15) is 0 Å². The first-order valence-corrected chi connectivity index (χ1v) is 11.3. The van der Waals surface area contributed by atoms with Crippen molar-refractivity contribution in [2.75, 3.05) is 13.1 Å². The van der Waals surface area contributed by atoms with Gasteiger partial charge in [-0.2, -0.15) is 0 Å². The standard InChI is InChI=1S/C19H25NOSi/c1-22(2)16-14-20(15-17-22)19(21)18-12-10-8-6-4-3-5-7-9-11-13-18/h3-13H,14-17H2,1-2H3/b4-3-,5-3?,6-4?,7-5-,8-6-,9-7?,10-8?,11-9-,12-10?,13-11?,18-12?,18-13?. The van der Waals surface area contributed by atoms with Crippen LogP contribution >= 0.6 is 0 Å². The van der Waals surface area contributed by atoms with Crippen LogP contribution in [0.5, 0.6) is 0 Å². The molecule has 0 atom stereocenters. The molecule has 0 bridgehead atoms. The second kappa shape index (κ2) is 7.94. The summed E-state index contributed by atoms with van der Waals surface area (Å²) in [5.41, 5.74) is 0.750. The van der Waals surface area contributed by atoms with Crippen LogP contribution in [-0.2, 0) is 4.79 Å². The van der Waals surface area contributed by atoms with Gasteiger partial charge in [-0.25, -0.2) is 0 Å². The van der Waals surface area contributed by atoms with Crippen LogP contribution < -0.4 is 0 Å². The van der Waals surface area contributed by atoms with Crippen molar-refractivity contribution < 1.29 is 4.79 Å². The number of nitrogens with zero attached hydrogens (tertiary/aromatic N) is 1. The maximum Gasteiger partial charge on any atom is 0.253 e. The molecule has 22 heavy (non-hydrogen) atoms. The van der Waals surface area contributed by atoms with E-state index in [0.717, 1.165) is 18.7 Å². The highest BCUT2D eigenvalue weighted by Crippen LogP contribution is 2.23. The molecular formula is C19H25NOSi. The monoisotopic (exact) mass is 311 g/mol. The maximum atomic E-state index is 12.7. The Morgan fingerprint density at radius 3 is 1.95 bits per heavy atom. The van der Waals surface area contributed by atoms with Crippen molar-refractivity contribution >= 4 is 14.0 Å². The van der Waals surface area contributed by atoms with Crippen LogP contribution in [0.3, 0.4) is 0 Å². The Morgan fingerprint density at radius 2 is 1.36 bits per heavy atom. The van der Waals surface area contributed by atoms with Gasteiger partial charge in [-0.15, -0.1) is 0 Å². The topological polar surface area (TPSA) is 20.3 Å². The molecule has 2 rings (SSSR count). The Balaban J connectivity index is 2.11. The molecule has 1 heterocycles. The van der Waals surface area contributed by atoms with E-state index in [1.165, 1.54) is 12.1 Å². The Morgan fingerprint density at radius 1 is 0.864 bits per heavy atom. The van der Waals surface area contributed by atoms with E-state index in [2.05, 4.69) is 13.1 Å². The minimum atomic E-state index is -1.05. The summed E-state index contributed by atoms with van der Waals surface area (Å²) < 4.78 is 0. The van der Waals surface area contributed by atoms with E-state index < -0.39 is 8.07 Å². The molecule has 0 spiro atoms. The van der Waals surface area contributed by atoms with Gasteiger partial charge >= 0.3 is 0 Å². The zero-order chi connectivity index (χ0) is 15.8. The summed E-state index contributed by atoms with van der Waals surface area (Å²) in [7, 11) is -1.05. The van der Waals surface area contributed by atoms with Gasteiger partial charge < -0.3 is 4.90 Å². The molecular weight excluding hydrogens is 286 g/mol. The predicted molar refractivity (Wildman–Crippen MR) is 97.5 cm³/mol. The minimum absolute atomic E-state index is 0.149. The lowest BCUT2D eigenvalue weighted by molar-refractivity contribution is -0.126. The molecule has 0 saturated carbocycles. The van der Waals surface area contributed by atoms with Crippen LogP contribution in [0.2, 0.25) is 25.2 Å². The van der Waals surface area contributed by atoms with E-state index >= 15 is 0 Å². The van der Waals surface area contributed by atoms with Crippen molar-refractivity contribution in [1.82, 2.24) is 4.90 Å². The SMILES string of the molecule is C[Si]1(C)CCN(C(=O)C2=C\C=C/C=C\C=C/C=C\C=C2)CC1. The Hall–Kier alpha value is -1.87. The fraction of sp³-hybridized carbons (Fsp3) is 0.316. The molecule has 3 heteroatoms. The summed E-state index contributed by atoms with van der Waals surface area (Å²) in [5, 5.41) is 0. The third-order valence-corrected chi connectivity index (χ3v) is 7.25. The van der Waals surface area contributed by atoms with E-state index in [1.54, 1.807) is 0 Å². The highest BCUT2D eigenvalue weighted by atomic mass is 28.3. The van der Waals surface area contributed by atoms with Crippen molar-refractivity contribution in [3.05, 3.63) is 72.4 Å². The molecule has 1 aliphatic heterocycles. The molecule has 2 nitrogen and oxygen atoms in total. The molecule has 0 aromatic heterocycles. The van der Waals surface area contributed by atoms with E-state index in [0.29, 0.717) is 0 Å². The molecule has 0 radical (unpaired) electrons. The fourth-order valence-electron chi connectivity index (χ4n) is 2.46. The number of carbonyl (C=O) groups excluding carboxylic acids is 1. The summed E-state index contributed by atoms with van der Waals surface area (Å²) >= 11 is 0. The van der Waals surface area contributed by atoms with E-state index in [-0.39, 0.29) is 5.91 Å². The van der Waals surface area contributed by atoms with Gasteiger partial charge in [-0.1, -0.05) is 67.8 Å². The number of hydrogen-bond acceptors (Lipinski definition) is 1. The summed E-state index contributed by atoms with van der Waals surface area (Å²) in [6, 6.07) is 2.41. The van der Waals surface area contributed by atoms with Crippen molar-refractivity contribution in [1.29, 1.82) is 0 Å². The van der Waals surface area contributed by atoms with E-state index in [1.807, 2.05) is 71.7 Å². The number of hydrogen-bond donors (Lipinski definition) is 0. The van der Waals surface area contributed by atoms with Crippen LogP contribution in [0, 0.1) is 0 Å². The van der Waals surface area contributed by atoms with Gasteiger partial charge in [0.25, 0.3) is 5.91 Å². The first-order chi connectivity index (χ1) is 10.6. The van der Waals surface area contributed by atoms with Crippen molar-refractivity contribution in [3.8, 4) is 0 Å². The Labute approximate surface area is 134 Å². The average Bonchev–Trinajstić information content (AvgIpc) is 2.47. The maximum absolute atomic E-state index is 12.7. The van der Waals surface area contributed by atoms with Crippen LogP contribution in [0.15, 0.2) is 72.4 Å². The van der Waals surface area contributed by atoms with Crippen LogP contribution in [0.4, 0.5) is 0 Å². The number of carbonyl (C=O) groups is 1. The highest BCUT2D eigenvalue weighted by Gasteiger charge is 2.29. The van der Waals surface area contributed by atoms with Crippen molar-refractivity contribution in [3.63, 3.8) is 0 Å². The fourth-order valence-corrected chi connectivity index (χ4v) is 4.46. The Kier molecular flexibility index (Phi) is 5.96. The van der Waals surface area contributed by atoms with Gasteiger partial charge in [0.05, 0.1) is 8.07 Å². The lowest BCUT2D eigenvalue weighted by atomic mass is 10.1. The molecule has 116 valence electrons. The molecule has 1 amide bonds. The number of rotatable bonds is 1. The van der Waals surface area contributed by atoms with Crippen LogP contribution in [-0.4, -0.2) is 32.0 Å². The van der Waals surface area contributed by atoms with Gasteiger partial charge in [0, 0.05) is 18.7 Å². The number of amides is 1. The molecule has 0 aromatic carbocycles. The molecule has 0 unspecified atom stereocenters. The highest BCUT2D eigenvalue weighted by molar-refractivity contribution is 6.77. The summed E-state index contributed by atoms with van der Waals surface area (Å²) in [4.78, 5) is 14.7. The van der Waals surface area contributed by atoms with Gasteiger partial charge in [0.15, 0.2) is 0 Å². The zero-order valence-electron chi connectivity index (χ0n) is 13.5. The van der Waals surface area contributed by atoms with Crippen LogP contribution in [0.25, 0.3) is 0 Å². The lowest BCUT2D eigenvalue weighted by Crippen LogP contribution is -2.45. The van der Waals surface area contributed by atoms with Gasteiger partial charge in [0.2, 0.25) is 0 Å². The van der Waals surface area contributed by atoms with Gasteiger partial charge in [-0.05, 0) is 24.2 Å². The molecule has 0 aromatic rings. The lowest BCUT2D eigenvalue weighted by Gasteiger charge is -2.35.